The lowest BCUT2D eigenvalue weighted by molar-refractivity contribution is -0.122. The zero-order valence-corrected chi connectivity index (χ0v) is 14.8. The van der Waals surface area contributed by atoms with E-state index in [1.54, 1.807) is 31.3 Å². The zero-order valence-electron chi connectivity index (χ0n) is 14.8. The van der Waals surface area contributed by atoms with Gasteiger partial charge in [0.2, 0.25) is 5.91 Å². The van der Waals surface area contributed by atoms with Crippen molar-refractivity contribution in [1.29, 1.82) is 0 Å². The maximum atomic E-state index is 13.3. The van der Waals surface area contributed by atoms with Crippen molar-refractivity contribution in [3.8, 4) is 0 Å². The monoisotopic (exact) mass is 359 g/mol. The second kappa shape index (κ2) is 8.38. The van der Waals surface area contributed by atoms with Crippen LogP contribution in [0.4, 0.5) is 8.78 Å². The van der Waals surface area contributed by atoms with E-state index in [1.807, 2.05) is 0 Å². The number of piperazine rings is 1. The van der Waals surface area contributed by atoms with Gasteiger partial charge in [-0.15, -0.1) is 0 Å². The molecule has 1 aliphatic heterocycles. The predicted molar refractivity (Wildman–Crippen MR) is 96.7 cm³/mol. The molecule has 0 aromatic heterocycles. The highest BCUT2D eigenvalue weighted by molar-refractivity contribution is 5.77. The topological polar surface area (TPSA) is 35.6 Å². The van der Waals surface area contributed by atoms with Crippen LogP contribution < -0.4 is 5.32 Å². The first-order chi connectivity index (χ1) is 12.6. The summed E-state index contributed by atoms with van der Waals surface area (Å²) in [5, 5.41) is 2.64. The molecule has 1 N–H and O–H groups in total. The van der Waals surface area contributed by atoms with Gasteiger partial charge in [0.15, 0.2) is 0 Å². The van der Waals surface area contributed by atoms with Crippen molar-refractivity contribution in [2.75, 3.05) is 39.8 Å². The Labute approximate surface area is 152 Å². The fourth-order valence-corrected chi connectivity index (χ4v) is 3.37. The van der Waals surface area contributed by atoms with E-state index in [0.717, 1.165) is 37.3 Å². The number of carbonyl (C=O) groups is 1. The molecule has 0 radical (unpaired) electrons. The Morgan fingerprint density at radius 1 is 0.923 bits per heavy atom. The van der Waals surface area contributed by atoms with Crippen LogP contribution in [0.5, 0.6) is 0 Å². The van der Waals surface area contributed by atoms with E-state index >= 15 is 0 Å². The largest absolute Gasteiger partial charge is 0.358 e. The molecule has 0 spiro atoms. The average molecular weight is 359 g/mol. The van der Waals surface area contributed by atoms with Gasteiger partial charge < -0.3 is 5.32 Å². The van der Waals surface area contributed by atoms with Crippen LogP contribution in [0.1, 0.15) is 17.2 Å². The van der Waals surface area contributed by atoms with E-state index < -0.39 is 0 Å². The Morgan fingerprint density at radius 2 is 1.38 bits per heavy atom. The fourth-order valence-electron chi connectivity index (χ4n) is 3.37. The molecule has 1 fully saturated rings. The number of nitrogens with zero attached hydrogens (tertiary/aromatic N) is 2. The first-order valence-electron chi connectivity index (χ1n) is 8.75. The number of hydrogen-bond donors (Lipinski definition) is 1. The van der Waals surface area contributed by atoms with Crippen molar-refractivity contribution in [3.63, 3.8) is 0 Å². The van der Waals surface area contributed by atoms with Crippen LogP contribution in [0, 0.1) is 11.6 Å². The molecule has 6 heteroatoms. The Kier molecular flexibility index (Phi) is 5.96. The van der Waals surface area contributed by atoms with E-state index in [-0.39, 0.29) is 23.6 Å². The molecule has 1 saturated heterocycles. The number of carbonyl (C=O) groups excluding carboxylic acids is 1. The van der Waals surface area contributed by atoms with Crippen LogP contribution >= 0.6 is 0 Å². The van der Waals surface area contributed by atoms with Crippen LogP contribution in [-0.4, -0.2) is 55.5 Å². The average Bonchev–Trinajstić information content (AvgIpc) is 2.66. The number of halogens is 2. The van der Waals surface area contributed by atoms with Gasteiger partial charge in [-0.25, -0.2) is 8.78 Å². The van der Waals surface area contributed by atoms with Gasteiger partial charge in [0, 0.05) is 33.2 Å². The molecule has 0 unspecified atom stereocenters. The Balaban J connectivity index is 1.79. The summed E-state index contributed by atoms with van der Waals surface area (Å²) in [4.78, 5) is 16.0. The molecule has 138 valence electrons. The van der Waals surface area contributed by atoms with Crippen molar-refractivity contribution in [1.82, 2.24) is 15.1 Å². The second-order valence-electron chi connectivity index (χ2n) is 6.49. The Bertz CT molecular complexity index is 680. The highest BCUT2D eigenvalue weighted by atomic mass is 19.1. The standard InChI is InChI=1S/C20H23F2N3O/c1-23-19(26)14-24-10-12-25(13-11-24)20(15-2-6-17(21)7-3-15)16-4-8-18(22)9-5-16/h2-9,20H,10-14H2,1H3,(H,23,26). The molecule has 4 nitrogen and oxygen atoms in total. The van der Waals surface area contributed by atoms with Gasteiger partial charge in [-0.1, -0.05) is 24.3 Å². The minimum Gasteiger partial charge on any atom is -0.358 e. The summed E-state index contributed by atoms with van der Waals surface area (Å²) in [7, 11) is 1.64. The molecule has 3 rings (SSSR count). The molecule has 2 aromatic rings. The second-order valence-corrected chi connectivity index (χ2v) is 6.49. The number of benzene rings is 2. The first kappa shape index (κ1) is 18.5. The minimum absolute atomic E-state index is 0.00655. The van der Waals surface area contributed by atoms with Crippen molar-refractivity contribution in [3.05, 3.63) is 71.3 Å². The van der Waals surface area contributed by atoms with E-state index in [9.17, 15) is 13.6 Å². The van der Waals surface area contributed by atoms with Crippen LogP contribution in [0.25, 0.3) is 0 Å². The SMILES string of the molecule is CNC(=O)CN1CCN(C(c2ccc(F)cc2)c2ccc(F)cc2)CC1. The van der Waals surface area contributed by atoms with Gasteiger partial charge in [0.25, 0.3) is 0 Å². The van der Waals surface area contributed by atoms with Crippen molar-refractivity contribution < 1.29 is 13.6 Å². The van der Waals surface area contributed by atoms with Crippen molar-refractivity contribution in [2.45, 2.75) is 6.04 Å². The number of hydrogen-bond acceptors (Lipinski definition) is 3. The third kappa shape index (κ3) is 4.45. The lowest BCUT2D eigenvalue weighted by Gasteiger charge is -2.39. The predicted octanol–water partition coefficient (Wildman–Crippen LogP) is 2.42. The van der Waals surface area contributed by atoms with Gasteiger partial charge in [-0.05, 0) is 35.4 Å². The molecule has 26 heavy (non-hydrogen) atoms. The molecular formula is C20H23F2N3O. The zero-order chi connectivity index (χ0) is 18.5. The van der Waals surface area contributed by atoms with Gasteiger partial charge in [-0.2, -0.15) is 0 Å². The summed E-state index contributed by atoms with van der Waals surface area (Å²) in [5.74, 6) is -0.545. The third-order valence-corrected chi connectivity index (χ3v) is 4.79. The van der Waals surface area contributed by atoms with Crippen molar-refractivity contribution in [2.24, 2.45) is 0 Å². The molecule has 0 saturated carbocycles. The summed E-state index contributed by atoms with van der Waals surface area (Å²) < 4.78 is 26.7. The molecule has 1 heterocycles. The summed E-state index contributed by atoms with van der Waals surface area (Å²) >= 11 is 0. The summed E-state index contributed by atoms with van der Waals surface area (Å²) in [6.45, 7) is 3.48. The molecule has 0 aliphatic carbocycles. The molecule has 1 amide bonds. The highest BCUT2D eigenvalue weighted by Gasteiger charge is 2.27. The molecule has 2 aromatic carbocycles. The Hall–Kier alpha value is -2.31. The molecule has 0 bridgehead atoms. The van der Waals surface area contributed by atoms with Crippen LogP contribution in [0.15, 0.2) is 48.5 Å². The van der Waals surface area contributed by atoms with Crippen molar-refractivity contribution >= 4 is 5.91 Å². The minimum atomic E-state index is -0.276. The van der Waals surface area contributed by atoms with Crippen LogP contribution in [0.3, 0.4) is 0 Å². The van der Waals surface area contributed by atoms with E-state index in [4.69, 9.17) is 0 Å². The maximum absolute atomic E-state index is 13.3. The van der Waals surface area contributed by atoms with E-state index in [1.165, 1.54) is 24.3 Å². The van der Waals surface area contributed by atoms with Crippen LogP contribution in [0.2, 0.25) is 0 Å². The molecule has 1 aliphatic rings. The van der Waals surface area contributed by atoms with Gasteiger partial charge >= 0.3 is 0 Å². The third-order valence-electron chi connectivity index (χ3n) is 4.79. The lowest BCUT2D eigenvalue weighted by Crippen LogP contribution is -2.50. The van der Waals surface area contributed by atoms with E-state index in [2.05, 4.69) is 15.1 Å². The molecular weight excluding hydrogens is 336 g/mol. The van der Waals surface area contributed by atoms with Crippen LogP contribution in [-0.2, 0) is 4.79 Å². The van der Waals surface area contributed by atoms with E-state index in [0.29, 0.717) is 6.54 Å². The summed E-state index contributed by atoms with van der Waals surface area (Å²) in [6.07, 6.45) is 0. The first-order valence-corrected chi connectivity index (χ1v) is 8.75. The maximum Gasteiger partial charge on any atom is 0.233 e. The molecule has 0 atom stereocenters. The summed E-state index contributed by atoms with van der Waals surface area (Å²) in [5.41, 5.74) is 1.94. The summed E-state index contributed by atoms with van der Waals surface area (Å²) in [6, 6.07) is 12.8. The fraction of sp³-hybridized carbons (Fsp3) is 0.350. The number of likely N-dealkylation sites (N-methyl/N-ethyl adjacent to an activating group) is 1. The quantitative estimate of drug-likeness (QED) is 0.891. The highest BCUT2D eigenvalue weighted by Crippen LogP contribution is 2.30. The van der Waals surface area contributed by atoms with Gasteiger partial charge in [-0.3, -0.25) is 14.6 Å². The number of nitrogens with one attached hydrogen (secondary N) is 1. The van der Waals surface area contributed by atoms with Gasteiger partial charge in [0.1, 0.15) is 11.6 Å². The smallest absolute Gasteiger partial charge is 0.233 e. The Morgan fingerprint density at radius 3 is 1.81 bits per heavy atom. The number of amides is 1. The number of rotatable bonds is 5. The lowest BCUT2D eigenvalue weighted by atomic mass is 9.96. The normalized spacial score (nSPS) is 16.0. The van der Waals surface area contributed by atoms with Gasteiger partial charge in [0.05, 0.1) is 12.6 Å².